The molecule has 0 bridgehead atoms. The molecule has 150 valence electrons. The summed E-state index contributed by atoms with van der Waals surface area (Å²) in [5, 5.41) is 4.34. The third-order valence-corrected chi connectivity index (χ3v) is 5.74. The van der Waals surface area contributed by atoms with E-state index in [-0.39, 0.29) is 10.6 Å². The van der Waals surface area contributed by atoms with Crippen LogP contribution in [0.15, 0.2) is 52.5 Å². The second kappa shape index (κ2) is 9.54. The smallest absolute Gasteiger partial charge is 0.255 e. The van der Waals surface area contributed by atoms with Crippen molar-refractivity contribution in [3.8, 4) is 11.5 Å². The SMILES string of the molecule is COc1ccc(OC)c(S(=O)(=O)N(C)CC(=O)NN=Cc2cccc(Cl)c2)c1. The van der Waals surface area contributed by atoms with Crippen molar-refractivity contribution >= 4 is 33.7 Å². The molecule has 0 aliphatic rings. The molecule has 0 radical (unpaired) electrons. The second-order valence-electron chi connectivity index (χ2n) is 5.63. The van der Waals surface area contributed by atoms with E-state index in [1.54, 1.807) is 30.3 Å². The molecule has 0 fully saturated rings. The minimum atomic E-state index is -3.99. The van der Waals surface area contributed by atoms with Gasteiger partial charge in [-0.05, 0) is 29.8 Å². The summed E-state index contributed by atoms with van der Waals surface area (Å²) in [6.45, 7) is -0.435. The normalized spacial score (nSPS) is 11.6. The van der Waals surface area contributed by atoms with E-state index >= 15 is 0 Å². The third kappa shape index (κ3) is 5.44. The van der Waals surface area contributed by atoms with E-state index < -0.39 is 22.5 Å². The molecular weight excluding hydrogens is 406 g/mol. The number of nitrogens with one attached hydrogen (secondary N) is 1. The number of ether oxygens (including phenoxy) is 2. The fourth-order valence-electron chi connectivity index (χ4n) is 2.24. The first-order valence-electron chi connectivity index (χ1n) is 8.03. The molecule has 0 aromatic heterocycles. The van der Waals surface area contributed by atoms with Gasteiger partial charge in [-0.3, -0.25) is 4.79 Å². The van der Waals surface area contributed by atoms with E-state index in [2.05, 4.69) is 10.5 Å². The molecule has 2 aromatic carbocycles. The lowest BCUT2D eigenvalue weighted by molar-refractivity contribution is -0.121. The summed E-state index contributed by atoms with van der Waals surface area (Å²) < 4.78 is 36.7. The number of halogens is 1. The predicted molar refractivity (Wildman–Crippen MR) is 107 cm³/mol. The van der Waals surface area contributed by atoms with Crippen molar-refractivity contribution in [1.29, 1.82) is 0 Å². The van der Waals surface area contributed by atoms with Gasteiger partial charge in [-0.2, -0.15) is 9.41 Å². The van der Waals surface area contributed by atoms with Crippen LogP contribution < -0.4 is 14.9 Å². The highest BCUT2D eigenvalue weighted by molar-refractivity contribution is 7.89. The molecule has 0 unspecified atom stereocenters. The zero-order chi connectivity index (χ0) is 20.7. The van der Waals surface area contributed by atoms with Crippen molar-refractivity contribution in [2.24, 2.45) is 5.10 Å². The van der Waals surface area contributed by atoms with Crippen LogP contribution in [-0.4, -0.2) is 52.7 Å². The van der Waals surface area contributed by atoms with Gasteiger partial charge in [0.25, 0.3) is 5.91 Å². The number of likely N-dealkylation sites (N-methyl/N-ethyl adjacent to an activating group) is 1. The first kappa shape index (κ1) is 21.7. The average molecular weight is 426 g/mol. The Morgan fingerprint density at radius 3 is 2.61 bits per heavy atom. The number of hydrogen-bond donors (Lipinski definition) is 1. The van der Waals surface area contributed by atoms with Gasteiger partial charge in [0.1, 0.15) is 16.4 Å². The van der Waals surface area contributed by atoms with Gasteiger partial charge in [0.15, 0.2) is 0 Å². The van der Waals surface area contributed by atoms with Crippen molar-refractivity contribution < 1.29 is 22.7 Å². The maximum absolute atomic E-state index is 12.8. The largest absolute Gasteiger partial charge is 0.497 e. The molecule has 28 heavy (non-hydrogen) atoms. The first-order chi connectivity index (χ1) is 13.3. The highest BCUT2D eigenvalue weighted by Gasteiger charge is 2.27. The Bertz CT molecular complexity index is 979. The first-order valence-corrected chi connectivity index (χ1v) is 9.85. The number of benzene rings is 2. The fourth-order valence-corrected chi connectivity index (χ4v) is 3.73. The van der Waals surface area contributed by atoms with Gasteiger partial charge in [0, 0.05) is 18.1 Å². The molecule has 0 saturated heterocycles. The van der Waals surface area contributed by atoms with E-state index in [4.69, 9.17) is 21.1 Å². The summed E-state index contributed by atoms with van der Waals surface area (Å²) >= 11 is 5.87. The number of hydrogen-bond acceptors (Lipinski definition) is 6. The fraction of sp³-hybridized carbons (Fsp3) is 0.222. The molecule has 0 aliphatic heterocycles. The number of methoxy groups -OCH3 is 2. The third-order valence-electron chi connectivity index (χ3n) is 3.68. The molecule has 1 amide bonds. The molecular formula is C18H20ClN3O5S. The predicted octanol–water partition coefficient (Wildman–Crippen LogP) is 2.13. The van der Waals surface area contributed by atoms with E-state index in [0.29, 0.717) is 16.3 Å². The summed E-state index contributed by atoms with van der Waals surface area (Å²) in [6, 6.07) is 11.3. The molecule has 1 N–H and O–H groups in total. The molecule has 8 nitrogen and oxygen atoms in total. The van der Waals surface area contributed by atoms with Gasteiger partial charge in [-0.1, -0.05) is 23.7 Å². The summed E-state index contributed by atoms with van der Waals surface area (Å²) in [6.07, 6.45) is 1.41. The maximum atomic E-state index is 12.8. The lowest BCUT2D eigenvalue weighted by atomic mass is 10.2. The second-order valence-corrected chi connectivity index (χ2v) is 8.08. The van der Waals surface area contributed by atoms with Crippen molar-refractivity contribution in [3.05, 3.63) is 53.1 Å². The minimum absolute atomic E-state index is 0.105. The van der Waals surface area contributed by atoms with E-state index in [1.807, 2.05) is 0 Å². The van der Waals surface area contributed by atoms with Gasteiger partial charge in [0.2, 0.25) is 10.0 Å². The maximum Gasteiger partial charge on any atom is 0.255 e. The molecule has 2 aromatic rings. The van der Waals surface area contributed by atoms with Gasteiger partial charge in [-0.25, -0.2) is 13.8 Å². The number of carbonyl (C=O) groups excluding carboxylic acids is 1. The Kier molecular flexibility index (Phi) is 7.38. The Labute approximate surface area is 168 Å². The molecule has 0 saturated carbocycles. The number of amides is 1. The van der Waals surface area contributed by atoms with Crippen LogP contribution in [0.2, 0.25) is 5.02 Å². The van der Waals surface area contributed by atoms with Crippen LogP contribution in [0.25, 0.3) is 0 Å². The van der Waals surface area contributed by atoms with Crippen molar-refractivity contribution in [3.63, 3.8) is 0 Å². The van der Waals surface area contributed by atoms with Crippen LogP contribution in [0.1, 0.15) is 5.56 Å². The van der Waals surface area contributed by atoms with Crippen molar-refractivity contribution in [2.75, 3.05) is 27.8 Å². The zero-order valence-corrected chi connectivity index (χ0v) is 17.1. The zero-order valence-electron chi connectivity index (χ0n) is 15.5. The monoisotopic (exact) mass is 425 g/mol. The lowest BCUT2D eigenvalue weighted by Gasteiger charge is -2.18. The number of sulfonamides is 1. The van der Waals surface area contributed by atoms with Crippen LogP contribution in [-0.2, 0) is 14.8 Å². The van der Waals surface area contributed by atoms with Crippen LogP contribution in [0.4, 0.5) is 0 Å². The Hall–Kier alpha value is -2.62. The van der Waals surface area contributed by atoms with E-state index in [0.717, 1.165) is 4.31 Å². The van der Waals surface area contributed by atoms with Crippen LogP contribution in [0.3, 0.4) is 0 Å². The van der Waals surface area contributed by atoms with Gasteiger partial charge in [0.05, 0.1) is 27.0 Å². The Morgan fingerprint density at radius 2 is 1.96 bits per heavy atom. The molecule has 0 spiro atoms. The standard InChI is InChI=1S/C18H20ClN3O5S/c1-22(12-18(23)21-20-11-13-5-4-6-14(19)9-13)28(24,25)17-10-15(26-2)7-8-16(17)27-3/h4-11H,12H2,1-3H3,(H,21,23). The highest BCUT2D eigenvalue weighted by atomic mass is 35.5. The summed E-state index contributed by atoms with van der Waals surface area (Å²) in [4.78, 5) is 11.9. The van der Waals surface area contributed by atoms with E-state index in [9.17, 15) is 13.2 Å². The average Bonchev–Trinajstić information content (AvgIpc) is 2.67. The van der Waals surface area contributed by atoms with Crippen LogP contribution in [0, 0.1) is 0 Å². The van der Waals surface area contributed by atoms with Gasteiger partial charge >= 0.3 is 0 Å². The Balaban J connectivity index is 2.08. The number of carbonyl (C=O) groups is 1. The summed E-state index contributed by atoms with van der Waals surface area (Å²) in [7, 11) is 0.0753. The highest BCUT2D eigenvalue weighted by Crippen LogP contribution is 2.30. The molecule has 10 heteroatoms. The number of rotatable bonds is 8. The summed E-state index contributed by atoms with van der Waals surface area (Å²) in [5.41, 5.74) is 2.97. The number of nitrogens with zero attached hydrogens (tertiary/aromatic N) is 2. The van der Waals surface area contributed by atoms with E-state index in [1.165, 1.54) is 39.6 Å². The molecule has 0 atom stereocenters. The summed E-state index contributed by atoms with van der Waals surface area (Å²) in [5.74, 6) is -0.110. The van der Waals surface area contributed by atoms with Crippen LogP contribution >= 0.6 is 11.6 Å². The van der Waals surface area contributed by atoms with Crippen LogP contribution in [0.5, 0.6) is 11.5 Å². The molecule has 0 aliphatic carbocycles. The lowest BCUT2D eigenvalue weighted by Crippen LogP contribution is -2.36. The number of hydrazone groups is 1. The molecule has 0 heterocycles. The van der Waals surface area contributed by atoms with Crippen molar-refractivity contribution in [1.82, 2.24) is 9.73 Å². The molecule has 2 rings (SSSR count). The Morgan fingerprint density at radius 1 is 1.21 bits per heavy atom. The van der Waals surface area contributed by atoms with Gasteiger partial charge in [-0.15, -0.1) is 0 Å². The van der Waals surface area contributed by atoms with Crippen molar-refractivity contribution in [2.45, 2.75) is 4.90 Å². The topological polar surface area (TPSA) is 97.3 Å². The quantitative estimate of drug-likeness (QED) is 0.516. The minimum Gasteiger partial charge on any atom is -0.497 e. The van der Waals surface area contributed by atoms with Gasteiger partial charge < -0.3 is 9.47 Å².